The molecule has 4 rings (SSSR count). The van der Waals surface area contributed by atoms with E-state index in [1.54, 1.807) is 13.2 Å². The Morgan fingerprint density at radius 2 is 1.40 bits per heavy atom. The zero-order valence-electron chi connectivity index (χ0n) is 25.0. The number of hydrogen-bond donors (Lipinski definition) is 5. The molecule has 0 bridgehead atoms. The van der Waals surface area contributed by atoms with E-state index in [4.69, 9.17) is 9.84 Å². The van der Waals surface area contributed by atoms with E-state index >= 15 is 0 Å². The van der Waals surface area contributed by atoms with Gasteiger partial charge in [-0.2, -0.15) is 0 Å². The minimum absolute atomic E-state index is 0.152. The van der Waals surface area contributed by atoms with E-state index < -0.39 is 5.97 Å². The first-order valence-corrected chi connectivity index (χ1v) is 15.1. The van der Waals surface area contributed by atoms with Crippen LogP contribution in [0.1, 0.15) is 63.1 Å². The topological polar surface area (TPSA) is 120 Å². The third kappa shape index (κ3) is 8.61. The fourth-order valence-electron chi connectivity index (χ4n) is 5.53. The molecule has 5 N–H and O–H groups in total. The number of fused-ring (bicyclic) bond motifs is 2. The first-order chi connectivity index (χ1) is 21.0. The summed E-state index contributed by atoms with van der Waals surface area (Å²) in [5.41, 5.74) is 3.91. The van der Waals surface area contributed by atoms with Crippen LogP contribution in [-0.4, -0.2) is 62.0 Å². The smallest absolute Gasteiger partial charge is 0.336 e. The van der Waals surface area contributed by atoms with E-state index in [9.17, 15) is 14.7 Å². The molecular formula is C35H43N3O5. The van der Waals surface area contributed by atoms with Gasteiger partial charge in [-0.3, -0.25) is 4.79 Å². The Labute approximate surface area is 253 Å². The molecule has 0 atom stereocenters. The van der Waals surface area contributed by atoms with Crippen molar-refractivity contribution in [2.75, 3.05) is 40.0 Å². The minimum Gasteiger partial charge on any atom is -0.478 e. The summed E-state index contributed by atoms with van der Waals surface area (Å²) in [6.07, 6.45) is 5.12. The van der Waals surface area contributed by atoms with Gasteiger partial charge in [0.05, 0.1) is 12.2 Å². The molecular weight excluding hydrogens is 542 g/mol. The maximum Gasteiger partial charge on any atom is 0.336 e. The van der Waals surface area contributed by atoms with Gasteiger partial charge in [0.15, 0.2) is 0 Å². The van der Waals surface area contributed by atoms with Crippen LogP contribution in [0.25, 0.3) is 21.5 Å². The number of carboxylic acid groups (broad SMARTS) is 1. The van der Waals surface area contributed by atoms with Crippen molar-refractivity contribution >= 4 is 33.4 Å². The van der Waals surface area contributed by atoms with E-state index in [1.165, 1.54) is 5.56 Å². The van der Waals surface area contributed by atoms with Crippen LogP contribution >= 0.6 is 0 Å². The fraction of sp³-hybridized carbons (Fsp3) is 0.371. The largest absolute Gasteiger partial charge is 0.478 e. The molecule has 0 heterocycles. The standard InChI is InChI=1S/C35H43N3O5/c1-43-22-20-38-34(40)30-12-8-11-29-31(27-9-4-5-10-28(27)33(32(29)30)35(41)42)24-37-19-7-3-2-6-18-36-23-26-15-13-25(14-16-26)17-21-39/h4-5,8-16,36-37,39H,2-3,6-7,17-24H2,1H3,(H,38,40)(H,41,42). The van der Waals surface area contributed by atoms with Crippen LogP contribution < -0.4 is 16.0 Å². The van der Waals surface area contributed by atoms with Crippen molar-refractivity contribution in [1.29, 1.82) is 0 Å². The molecule has 4 aromatic rings. The molecule has 8 nitrogen and oxygen atoms in total. The molecule has 0 spiro atoms. The summed E-state index contributed by atoms with van der Waals surface area (Å²) in [4.78, 5) is 25.6. The molecule has 0 aliphatic carbocycles. The quantitative estimate of drug-likeness (QED) is 0.0820. The zero-order valence-corrected chi connectivity index (χ0v) is 25.0. The van der Waals surface area contributed by atoms with E-state index in [0.717, 1.165) is 67.2 Å². The third-order valence-corrected chi connectivity index (χ3v) is 7.72. The number of benzene rings is 4. The number of rotatable bonds is 18. The maximum atomic E-state index is 13.1. The van der Waals surface area contributed by atoms with Gasteiger partial charge >= 0.3 is 5.97 Å². The second-order valence-corrected chi connectivity index (χ2v) is 10.7. The number of carboxylic acids is 1. The summed E-state index contributed by atoms with van der Waals surface area (Å²) in [5, 5.41) is 32.0. The highest BCUT2D eigenvalue weighted by Crippen LogP contribution is 2.35. The van der Waals surface area contributed by atoms with Gasteiger partial charge in [0.2, 0.25) is 0 Å². The van der Waals surface area contributed by atoms with Crippen molar-refractivity contribution in [2.24, 2.45) is 0 Å². The number of hydrogen-bond acceptors (Lipinski definition) is 6. The van der Waals surface area contributed by atoms with Crippen LogP contribution in [0.5, 0.6) is 0 Å². The number of aliphatic hydroxyl groups is 1. The minimum atomic E-state index is -1.05. The Morgan fingerprint density at radius 3 is 2.07 bits per heavy atom. The first kappa shape index (κ1) is 32.1. The molecule has 0 aromatic heterocycles. The van der Waals surface area contributed by atoms with Crippen LogP contribution in [0.3, 0.4) is 0 Å². The summed E-state index contributed by atoms with van der Waals surface area (Å²) in [6, 6.07) is 21.3. The molecule has 0 unspecified atom stereocenters. The van der Waals surface area contributed by atoms with Gasteiger partial charge in [-0.05, 0) is 71.3 Å². The van der Waals surface area contributed by atoms with Crippen molar-refractivity contribution in [2.45, 2.75) is 45.2 Å². The summed E-state index contributed by atoms with van der Waals surface area (Å²) < 4.78 is 5.05. The van der Waals surface area contributed by atoms with Gasteiger partial charge in [0.1, 0.15) is 0 Å². The van der Waals surface area contributed by atoms with Gasteiger partial charge < -0.3 is 30.9 Å². The van der Waals surface area contributed by atoms with Crippen LogP contribution in [-0.2, 0) is 24.2 Å². The lowest BCUT2D eigenvalue weighted by Gasteiger charge is -2.18. The van der Waals surface area contributed by atoms with Gasteiger partial charge in [-0.15, -0.1) is 0 Å². The van der Waals surface area contributed by atoms with E-state index in [-0.39, 0.29) is 18.1 Å². The molecule has 0 fully saturated rings. The first-order valence-electron chi connectivity index (χ1n) is 15.1. The highest BCUT2D eigenvalue weighted by atomic mass is 16.5. The molecule has 0 aliphatic rings. The Morgan fingerprint density at radius 1 is 0.744 bits per heavy atom. The van der Waals surface area contributed by atoms with Gasteiger partial charge in [0, 0.05) is 44.3 Å². The molecule has 1 amide bonds. The number of unbranched alkanes of at least 4 members (excludes halogenated alkanes) is 3. The Kier molecular flexibility index (Phi) is 12.5. The van der Waals surface area contributed by atoms with E-state index in [2.05, 4.69) is 40.2 Å². The Bertz CT molecular complexity index is 1500. The fourth-order valence-corrected chi connectivity index (χ4v) is 5.53. The average molecular weight is 586 g/mol. The van der Waals surface area contributed by atoms with Gasteiger partial charge in [-0.1, -0.05) is 73.5 Å². The highest BCUT2D eigenvalue weighted by Gasteiger charge is 2.22. The lowest BCUT2D eigenvalue weighted by atomic mass is 9.89. The van der Waals surface area contributed by atoms with E-state index in [1.807, 2.05) is 36.4 Å². The number of aromatic carboxylic acids is 1. The number of methoxy groups -OCH3 is 1. The second-order valence-electron chi connectivity index (χ2n) is 10.7. The SMILES string of the molecule is COCCNC(=O)c1cccc2c(CNCCCCCCNCc3ccc(CCO)cc3)c3ccccc3c(C(=O)O)c12. The summed E-state index contributed by atoms with van der Waals surface area (Å²) >= 11 is 0. The number of aliphatic hydroxyl groups excluding tert-OH is 1. The lowest BCUT2D eigenvalue weighted by molar-refractivity contribution is 0.0701. The predicted molar refractivity (Wildman–Crippen MR) is 172 cm³/mol. The molecule has 43 heavy (non-hydrogen) atoms. The van der Waals surface area contributed by atoms with Gasteiger partial charge in [0.25, 0.3) is 5.91 Å². The number of carbonyl (C=O) groups is 2. The molecule has 0 saturated heterocycles. The van der Waals surface area contributed by atoms with Crippen molar-refractivity contribution in [3.63, 3.8) is 0 Å². The molecule has 8 heteroatoms. The number of nitrogens with one attached hydrogen (secondary N) is 3. The van der Waals surface area contributed by atoms with Crippen LogP contribution in [0.2, 0.25) is 0 Å². The van der Waals surface area contributed by atoms with Crippen LogP contribution in [0.4, 0.5) is 0 Å². The summed E-state index contributed by atoms with van der Waals surface area (Å²) in [5.74, 6) is -1.37. The van der Waals surface area contributed by atoms with Crippen molar-refractivity contribution in [3.8, 4) is 0 Å². The normalized spacial score (nSPS) is 11.3. The Balaban J connectivity index is 1.34. The third-order valence-electron chi connectivity index (χ3n) is 7.72. The van der Waals surface area contributed by atoms with Crippen LogP contribution in [0.15, 0.2) is 66.7 Å². The highest BCUT2D eigenvalue weighted by molar-refractivity contribution is 6.22. The van der Waals surface area contributed by atoms with Gasteiger partial charge in [-0.25, -0.2) is 4.79 Å². The molecule has 0 radical (unpaired) electrons. The molecule has 4 aromatic carbocycles. The maximum absolute atomic E-state index is 13.1. The van der Waals surface area contributed by atoms with Crippen molar-refractivity contribution in [1.82, 2.24) is 16.0 Å². The Hall–Kier alpha value is -3.82. The zero-order chi connectivity index (χ0) is 30.4. The second kappa shape index (κ2) is 16.7. The predicted octanol–water partition coefficient (Wildman–Crippen LogP) is 5.04. The number of ether oxygens (including phenoxy) is 1. The van der Waals surface area contributed by atoms with Crippen molar-refractivity contribution in [3.05, 3.63) is 94.5 Å². The number of amides is 1. The lowest BCUT2D eigenvalue weighted by Crippen LogP contribution is -2.27. The number of carbonyl (C=O) groups excluding carboxylic acids is 1. The molecule has 0 aliphatic heterocycles. The summed E-state index contributed by atoms with van der Waals surface area (Å²) in [6.45, 7) is 4.13. The summed E-state index contributed by atoms with van der Waals surface area (Å²) in [7, 11) is 1.57. The van der Waals surface area contributed by atoms with E-state index in [0.29, 0.717) is 42.5 Å². The molecule has 0 saturated carbocycles. The monoisotopic (exact) mass is 585 g/mol. The average Bonchev–Trinajstić information content (AvgIpc) is 3.02. The molecule has 228 valence electrons. The van der Waals surface area contributed by atoms with Crippen molar-refractivity contribution < 1.29 is 24.5 Å². The van der Waals surface area contributed by atoms with Crippen LogP contribution in [0, 0.1) is 0 Å².